The van der Waals surface area contributed by atoms with Gasteiger partial charge in [0.05, 0.1) is 16.4 Å². The first-order valence-corrected chi connectivity index (χ1v) is 9.89. The Labute approximate surface area is 178 Å². The monoisotopic (exact) mass is 436 g/mol. The van der Waals surface area contributed by atoms with Crippen molar-refractivity contribution >= 4 is 46.2 Å². The summed E-state index contributed by atoms with van der Waals surface area (Å²) >= 11 is 17.6. The van der Waals surface area contributed by atoms with Gasteiger partial charge in [0.1, 0.15) is 5.82 Å². The van der Waals surface area contributed by atoms with Crippen LogP contribution in [0.15, 0.2) is 61.2 Å². The Morgan fingerprint density at radius 1 is 1.18 bits per heavy atom. The Balaban J connectivity index is 1.70. The van der Waals surface area contributed by atoms with E-state index in [4.69, 9.17) is 35.4 Å². The van der Waals surface area contributed by atoms with Gasteiger partial charge >= 0.3 is 0 Å². The Kier molecular flexibility index (Phi) is 7.25. The second-order valence-corrected chi connectivity index (χ2v) is 7.43. The van der Waals surface area contributed by atoms with Crippen molar-refractivity contribution in [2.45, 2.75) is 19.5 Å². The summed E-state index contributed by atoms with van der Waals surface area (Å²) in [5, 5.41) is 4.57. The third kappa shape index (κ3) is 5.67. The molecule has 1 N–H and O–H groups in total. The summed E-state index contributed by atoms with van der Waals surface area (Å²) < 4.78 is 16.1. The van der Waals surface area contributed by atoms with Gasteiger partial charge in [-0.15, -0.1) is 0 Å². The number of hydrogen-bond donors (Lipinski definition) is 1. The molecule has 0 spiro atoms. The van der Waals surface area contributed by atoms with Crippen molar-refractivity contribution < 1.29 is 4.39 Å². The largest absolute Gasteiger partial charge is 0.345 e. The molecule has 0 aliphatic heterocycles. The standard InChI is InChI=1S/C20H19Cl2FN4S/c21-17-7-6-16(12-18(17)22)25-20(28)27(10-3-9-26-11-8-24-14-26)13-15-4-1-2-5-19(15)23/h1-2,4-8,11-12,14H,3,9-10,13H2,(H,25,28). The highest BCUT2D eigenvalue weighted by atomic mass is 35.5. The van der Waals surface area contributed by atoms with Gasteiger partial charge in [-0.2, -0.15) is 0 Å². The molecule has 28 heavy (non-hydrogen) atoms. The van der Waals surface area contributed by atoms with Crippen LogP contribution in [0, 0.1) is 5.82 Å². The zero-order valence-electron chi connectivity index (χ0n) is 15.0. The van der Waals surface area contributed by atoms with Crippen molar-refractivity contribution in [2.24, 2.45) is 0 Å². The van der Waals surface area contributed by atoms with Crippen molar-refractivity contribution in [3.05, 3.63) is 82.6 Å². The molecule has 0 aliphatic carbocycles. The fourth-order valence-electron chi connectivity index (χ4n) is 2.72. The van der Waals surface area contributed by atoms with Crippen molar-refractivity contribution in [1.82, 2.24) is 14.5 Å². The van der Waals surface area contributed by atoms with Gasteiger partial charge in [-0.3, -0.25) is 0 Å². The number of rotatable bonds is 7. The Hall–Kier alpha value is -2.15. The molecule has 0 unspecified atom stereocenters. The zero-order valence-corrected chi connectivity index (χ0v) is 17.3. The van der Waals surface area contributed by atoms with E-state index in [-0.39, 0.29) is 5.82 Å². The van der Waals surface area contributed by atoms with Crippen molar-refractivity contribution in [3.8, 4) is 0 Å². The van der Waals surface area contributed by atoms with Crippen molar-refractivity contribution in [3.63, 3.8) is 0 Å². The summed E-state index contributed by atoms with van der Waals surface area (Å²) in [5.41, 5.74) is 1.32. The van der Waals surface area contributed by atoms with E-state index in [0.717, 1.165) is 18.7 Å². The van der Waals surface area contributed by atoms with Crippen molar-refractivity contribution in [2.75, 3.05) is 11.9 Å². The van der Waals surface area contributed by atoms with Gasteiger partial charge in [0.25, 0.3) is 0 Å². The number of aromatic nitrogens is 2. The molecule has 0 saturated heterocycles. The van der Waals surface area contributed by atoms with E-state index in [2.05, 4.69) is 10.3 Å². The van der Waals surface area contributed by atoms with E-state index in [1.54, 1.807) is 42.9 Å². The van der Waals surface area contributed by atoms with E-state index in [0.29, 0.717) is 33.8 Å². The maximum absolute atomic E-state index is 14.1. The van der Waals surface area contributed by atoms with Crippen LogP contribution >= 0.6 is 35.4 Å². The lowest BCUT2D eigenvalue weighted by Crippen LogP contribution is -2.35. The molecule has 146 valence electrons. The lowest BCUT2D eigenvalue weighted by atomic mass is 10.2. The van der Waals surface area contributed by atoms with E-state index in [1.807, 2.05) is 21.7 Å². The third-order valence-corrected chi connectivity index (χ3v) is 5.28. The van der Waals surface area contributed by atoms with Gasteiger partial charge in [-0.05, 0) is 42.9 Å². The van der Waals surface area contributed by atoms with Crippen LogP contribution in [0.3, 0.4) is 0 Å². The Bertz CT molecular complexity index is 934. The molecular formula is C20H19Cl2FN4S. The predicted octanol–water partition coefficient (Wildman–Crippen LogP) is 5.62. The third-order valence-electron chi connectivity index (χ3n) is 4.18. The number of imidazole rings is 1. The fraction of sp³-hybridized carbons (Fsp3) is 0.200. The lowest BCUT2D eigenvalue weighted by molar-refractivity contribution is 0.388. The van der Waals surface area contributed by atoms with Crippen LogP contribution in [0.2, 0.25) is 10.0 Å². The number of aryl methyl sites for hydroxylation is 1. The first-order chi connectivity index (χ1) is 13.5. The minimum atomic E-state index is -0.251. The van der Waals surface area contributed by atoms with Gasteiger partial charge < -0.3 is 14.8 Å². The quantitative estimate of drug-likeness (QED) is 0.487. The molecule has 0 bridgehead atoms. The number of hydrogen-bond acceptors (Lipinski definition) is 2. The topological polar surface area (TPSA) is 33.1 Å². The average molecular weight is 437 g/mol. The highest BCUT2D eigenvalue weighted by Gasteiger charge is 2.13. The van der Waals surface area contributed by atoms with Crippen LogP contribution in [-0.4, -0.2) is 26.1 Å². The molecule has 3 rings (SSSR count). The molecule has 8 heteroatoms. The summed E-state index contributed by atoms with van der Waals surface area (Å²) in [7, 11) is 0. The normalized spacial score (nSPS) is 10.7. The molecule has 2 aromatic carbocycles. The maximum Gasteiger partial charge on any atom is 0.173 e. The minimum Gasteiger partial charge on any atom is -0.345 e. The smallest absolute Gasteiger partial charge is 0.173 e. The highest BCUT2D eigenvalue weighted by molar-refractivity contribution is 7.80. The molecule has 1 heterocycles. The minimum absolute atomic E-state index is 0.251. The first kappa shape index (κ1) is 20.6. The van der Waals surface area contributed by atoms with Crippen LogP contribution in [-0.2, 0) is 13.1 Å². The second-order valence-electron chi connectivity index (χ2n) is 6.23. The van der Waals surface area contributed by atoms with E-state index >= 15 is 0 Å². The fourth-order valence-corrected chi connectivity index (χ4v) is 3.30. The molecule has 3 aromatic rings. The summed E-state index contributed by atoms with van der Waals surface area (Å²) in [6.45, 7) is 1.81. The Morgan fingerprint density at radius 3 is 2.71 bits per heavy atom. The number of anilines is 1. The zero-order chi connectivity index (χ0) is 19.9. The molecular weight excluding hydrogens is 418 g/mol. The highest BCUT2D eigenvalue weighted by Crippen LogP contribution is 2.25. The SMILES string of the molecule is Fc1ccccc1CN(CCCn1ccnc1)C(=S)Nc1ccc(Cl)c(Cl)c1. The van der Waals surface area contributed by atoms with Gasteiger partial charge in [-0.1, -0.05) is 41.4 Å². The average Bonchev–Trinajstić information content (AvgIpc) is 3.19. The summed E-state index contributed by atoms with van der Waals surface area (Å²) in [6.07, 6.45) is 6.25. The summed E-state index contributed by atoms with van der Waals surface area (Å²) in [5.74, 6) is -0.251. The van der Waals surface area contributed by atoms with Crippen LogP contribution in [0.25, 0.3) is 0 Å². The predicted molar refractivity (Wildman–Crippen MR) is 116 cm³/mol. The van der Waals surface area contributed by atoms with Crippen molar-refractivity contribution in [1.29, 1.82) is 0 Å². The molecule has 0 saturated carbocycles. The first-order valence-electron chi connectivity index (χ1n) is 8.73. The molecule has 4 nitrogen and oxygen atoms in total. The lowest BCUT2D eigenvalue weighted by Gasteiger charge is -2.26. The maximum atomic E-state index is 14.1. The van der Waals surface area contributed by atoms with Crippen LogP contribution in [0.1, 0.15) is 12.0 Å². The van der Waals surface area contributed by atoms with Gasteiger partial charge in [0, 0.05) is 43.3 Å². The molecule has 0 amide bonds. The molecule has 0 fully saturated rings. The van der Waals surface area contributed by atoms with Crippen LogP contribution < -0.4 is 5.32 Å². The molecule has 0 radical (unpaired) electrons. The molecule has 1 aromatic heterocycles. The number of nitrogens with zero attached hydrogens (tertiary/aromatic N) is 3. The van der Waals surface area contributed by atoms with Gasteiger partial charge in [0.2, 0.25) is 0 Å². The van der Waals surface area contributed by atoms with E-state index in [9.17, 15) is 4.39 Å². The Morgan fingerprint density at radius 2 is 2.00 bits per heavy atom. The number of thiocarbonyl (C=S) groups is 1. The summed E-state index contributed by atoms with van der Waals surface area (Å²) in [6, 6.07) is 11.9. The van der Waals surface area contributed by atoms with Gasteiger partial charge in [0.15, 0.2) is 5.11 Å². The van der Waals surface area contributed by atoms with Crippen LogP contribution in [0.4, 0.5) is 10.1 Å². The number of benzene rings is 2. The van der Waals surface area contributed by atoms with Crippen LogP contribution in [0.5, 0.6) is 0 Å². The van der Waals surface area contributed by atoms with E-state index < -0.39 is 0 Å². The number of nitrogens with one attached hydrogen (secondary N) is 1. The second kappa shape index (κ2) is 9.87. The number of halogens is 3. The van der Waals surface area contributed by atoms with Gasteiger partial charge in [-0.25, -0.2) is 9.37 Å². The van der Waals surface area contributed by atoms with E-state index in [1.165, 1.54) is 6.07 Å². The summed E-state index contributed by atoms with van der Waals surface area (Å²) in [4.78, 5) is 5.98. The molecule has 0 atom stereocenters. The molecule has 0 aliphatic rings.